The summed E-state index contributed by atoms with van der Waals surface area (Å²) in [6.07, 6.45) is 0. The van der Waals surface area contributed by atoms with Crippen LogP contribution in [0.5, 0.6) is 0 Å². The fourth-order valence-electron chi connectivity index (χ4n) is 1.90. The lowest BCUT2D eigenvalue weighted by atomic mass is 10.0. The van der Waals surface area contributed by atoms with Crippen LogP contribution in [-0.4, -0.2) is 24.1 Å². The SMILES string of the molecule is CC1CN(OC(=O)c2ccccc2)CC1C. The van der Waals surface area contributed by atoms with Crippen molar-refractivity contribution < 1.29 is 9.63 Å². The molecule has 3 nitrogen and oxygen atoms in total. The van der Waals surface area contributed by atoms with Crippen molar-refractivity contribution in [2.24, 2.45) is 11.8 Å². The lowest BCUT2D eigenvalue weighted by molar-refractivity contribution is -0.0963. The van der Waals surface area contributed by atoms with Gasteiger partial charge in [0.15, 0.2) is 0 Å². The molecule has 2 atom stereocenters. The Morgan fingerprint density at radius 1 is 1.19 bits per heavy atom. The summed E-state index contributed by atoms with van der Waals surface area (Å²) in [6, 6.07) is 9.10. The van der Waals surface area contributed by atoms with Crippen molar-refractivity contribution in [2.45, 2.75) is 13.8 Å². The zero-order chi connectivity index (χ0) is 11.5. The fourth-order valence-corrected chi connectivity index (χ4v) is 1.90. The minimum Gasteiger partial charge on any atom is -0.364 e. The number of hydrogen-bond donors (Lipinski definition) is 0. The van der Waals surface area contributed by atoms with Gasteiger partial charge in [-0.2, -0.15) is 0 Å². The number of rotatable bonds is 2. The van der Waals surface area contributed by atoms with Gasteiger partial charge in [0, 0.05) is 13.1 Å². The van der Waals surface area contributed by atoms with E-state index in [1.165, 1.54) is 0 Å². The molecule has 1 saturated heterocycles. The number of carbonyl (C=O) groups excluding carboxylic acids is 1. The van der Waals surface area contributed by atoms with Gasteiger partial charge in [-0.1, -0.05) is 32.0 Å². The molecule has 1 fully saturated rings. The highest BCUT2D eigenvalue weighted by Crippen LogP contribution is 2.22. The third kappa shape index (κ3) is 2.42. The molecular formula is C13H17NO2. The highest BCUT2D eigenvalue weighted by molar-refractivity contribution is 5.89. The molecule has 0 amide bonds. The second kappa shape index (κ2) is 4.66. The van der Waals surface area contributed by atoms with Gasteiger partial charge in [-0.15, -0.1) is 5.06 Å². The van der Waals surface area contributed by atoms with Gasteiger partial charge < -0.3 is 4.84 Å². The molecule has 1 aliphatic rings. The summed E-state index contributed by atoms with van der Waals surface area (Å²) in [5, 5.41) is 1.77. The zero-order valence-corrected chi connectivity index (χ0v) is 9.72. The summed E-state index contributed by atoms with van der Waals surface area (Å²) >= 11 is 0. The van der Waals surface area contributed by atoms with E-state index in [0.29, 0.717) is 17.4 Å². The average molecular weight is 219 g/mol. The van der Waals surface area contributed by atoms with Crippen molar-refractivity contribution >= 4 is 5.97 Å². The fraction of sp³-hybridized carbons (Fsp3) is 0.462. The van der Waals surface area contributed by atoms with Gasteiger partial charge in [0.1, 0.15) is 0 Å². The third-order valence-electron chi connectivity index (χ3n) is 3.18. The molecule has 1 aromatic rings. The molecule has 3 heteroatoms. The minimum absolute atomic E-state index is 0.262. The molecule has 1 aliphatic heterocycles. The van der Waals surface area contributed by atoms with Gasteiger partial charge >= 0.3 is 5.97 Å². The predicted octanol–water partition coefficient (Wildman–Crippen LogP) is 2.35. The van der Waals surface area contributed by atoms with Gasteiger partial charge in [-0.3, -0.25) is 0 Å². The highest BCUT2D eigenvalue weighted by atomic mass is 16.7. The maximum absolute atomic E-state index is 11.8. The quantitative estimate of drug-likeness (QED) is 0.764. The smallest absolute Gasteiger partial charge is 0.357 e. The van der Waals surface area contributed by atoms with Gasteiger partial charge in [-0.05, 0) is 24.0 Å². The van der Waals surface area contributed by atoms with E-state index >= 15 is 0 Å². The normalized spacial score (nSPS) is 25.6. The number of nitrogens with zero attached hydrogens (tertiary/aromatic N) is 1. The first kappa shape index (κ1) is 11.1. The van der Waals surface area contributed by atoms with Crippen LogP contribution in [0.15, 0.2) is 30.3 Å². The Morgan fingerprint density at radius 3 is 2.31 bits per heavy atom. The van der Waals surface area contributed by atoms with Gasteiger partial charge in [0.25, 0.3) is 0 Å². The Morgan fingerprint density at radius 2 is 1.75 bits per heavy atom. The van der Waals surface area contributed by atoms with Crippen LogP contribution >= 0.6 is 0 Å². The second-order valence-corrected chi connectivity index (χ2v) is 4.55. The maximum atomic E-state index is 11.8. The van der Waals surface area contributed by atoms with Crippen LogP contribution in [0.2, 0.25) is 0 Å². The first-order chi connectivity index (χ1) is 7.66. The summed E-state index contributed by atoms with van der Waals surface area (Å²) in [6.45, 7) is 6.03. The lowest BCUT2D eigenvalue weighted by Gasteiger charge is -2.14. The van der Waals surface area contributed by atoms with Gasteiger partial charge in [-0.25, -0.2) is 4.79 Å². The molecule has 86 valence electrons. The summed E-state index contributed by atoms with van der Waals surface area (Å²) < 4.78 is 0. The summed E-state index contributed by atoms with van der Waals surface area (Å²) in [5.74, 6) is 0.911. The average Bonchev–Trinajstić information content (AvgIpc) is 2.59. The third-order valence-corrected chi connectivity index (χ3v) is 3.18. The van der Waals surface area contributed by atoms with Crippen LogP contribution in [0.3, 0.4) is 0 Å². The molecule has 16 heavy (non-hydrogen) atoms. The summed E-state index contributed by atoms with van der Waals surface area (Å²) in [4.78, 5) is 17.1. The Balaban J connectivity index is 1.94. The topological polar surface area (TPSA) is 29.5 Å². The van der Waals surface area contributed by atoms with Crippen LogP contribution < -0.4 is 0 Å². The zero-order valence-electron chi connectivity index (χ0n) is 9.72. The van der Waals surface area contributed by atoms with E-state index in [2.05, 4.69) is 13.8 Å². The minimum atomic E-state index is -0.262. The molecule has 1 aromatic carbocycles. The molecule has 0 aromatic heterocycles. The van der Waals surface area contributed by atoms with Crippen molar-refractivity contribution in [2.75, 3.05) is 13.1 Å². The standard InChI is InChI=1S/C13H17NO2/c1-10-8-14(9-11(10)2)16-13(15)12-6-4-3-5-7-12/h3-7,10-11H,8-9H2,1-2H3. The number of hydroxylamine groups is 2. The van der Waals surface area contributed by atoms with E-state index in [1.807, 2.05) is 18.2 Å². The van der Waals surface area contributed by atoms with Crippen LogP contribution in [0, 0.1) is 11.8 Å². The number of hydrogen-bond acceptors (Lipinski definition) is 3. The predicted molar refractivity (Wildman–Crippen MR) is 61.8 cm³/mol. The molecule has 0 radical (unpaired) electrons. The van der Waals surface area contributed by atoms with Crippen LogP contribution in [0.1, 0.15) is 24.2 Å². The van der Waals surface area contributed by atoms with Crippen molar-refractivity contribution in [1.82, 2.24) is 5.06 Å². The van der Waals surface area contributed by atoms with Gasteiger partial charge in [0.05, 0.1) is 5.56 Å². The van der Waals surface area contributed by atoms with E-state index < -0.39 is 0 Å². The molecule has 0 spiro atoms. The van der Waals surface area contributed by atoms with Gasteiger partial charge in [0.2, 0.25) is 0 Å². The first-order valence-corrected chi connectivity index (χ1v) is 5.69. The molecule has 0 aliphatic carbocycles. The summed E-state index contributed by atoms with van der Waals surface area (Å²) in [5.41, 5.74) is 0.606. The lowest BCUT2D eigenvalue weighted by Crippen LogP contribution is -2.25. The molecule has 0 bridgehead atoms. The molecular weight excluding hydrogens is 202 g/mol. The van der Waals surface area contributed by atoms with E-state index in [-0.39, 0.29) is 5.97 Å². The largest absolute Gasteiger partial charge is 0.364 e. The molecule has 2 rings (SSSR count). The molecule has 0 N–H and O–H groups in total. The van der Waals surface area contributed by atoms with E-state index in [9.17, 15) is 4.79 Å². The van der Waals surface area contributed by atoms with E-state index in [4.69, 9.17) is 4.84 Å². The van der Waals surface area contributed by atoms with Crippen LogP contribution in [0.25, 0.3) is 0 Å². The molecule has 1 heterocycles. The number of carbonyl (C=O) groups is 1. The summed E-state index contributed by atoms with van der Waals surface area (Å²) in [7, 11) is 0. The van der Waals surface area contributed by atoms with Crippen LogP contribution in [0.4, 0.5) is 0 Å². The second-order valence-electron chi connectivity index (χ2n) is 4.55. The van der Waals surface area contributed by atoms with Crippen LogP contribution in [-0.2, 0) is 4.84 Å². The van der Waals surface area contributed by atoms with Crippen molar-refractivity contribution in [1.29, 1.82) is 0 Å². The first-order valence-electron chi connectivity index (χ1n) is 5.69. The molecule has 0 saturated carbocycles. The monoisotopic (exact) mass is 219 g/mol. The Labute approximate surface area is 96.0 Å². The molecule has 2 unspecified atom stereocenters. The number of benzene rings is 1. The van der Waals surface area contributed by atoms with E-state index in [1.54, 1.807) is 17.2 Å². The Hall–Kier alpha value is -1.35. The Kier molecular flexibility index (Phi) is 3.25. The highest BCUT2D eigenvalue weighted by Gasteiger charge is 2.28. The van der Waals surface area contributed by atoms with E-state index in [0.717, 1.165) is 13.1 Å². The Bertz CT molecular complexity index is 353. The van der Waals surface area contributed by atoms with Crippen molar-refractivity contribution in [3.05, 3.63) is 35.9 Å². The maximum Gasteiger partial charge on any atom is 0.357 e. The van der Waals surface area contributed by atoms with Crippen molar-refractivity contribution in [3.8, 4) is 0 Å². The van der Waals surface area contributed by atoms with Crippen molar-refractivity contribution in [3.63, 3.8) is 0 Å².